The summed E-state index contributed by atoms with van der Waals surface area (Å²) in [5.74, 6) is -1.03. The number of allylic oxidation sites excluding steroid dienone is 3. The van der Waals surface area contributed by atoms with Crippen molar-refractivity contribution < 1.29 is 24.2 Å². The van der Waals surface area contributed by atoms with Crippen LogP contribution in [0.4, 0.5) is 4.79 Å². The third-order valence-corrected chi connectivity index (χ3v) is 6.98. The Balaban J connectivity index is 1.21. The molecule has 2 aromatic rings. The minimum atomic E-state index is -1.07. The van der Waals surface area contributed by atoms with Gasteiger partial charge in [0.15, 0.2) is 0 Å². The first-order valence-corrected chi connectivity index (χ1v) is 11.8. The summed E-state index contributed by atoms with van der Waals surface area (Å²) in [5, 5.41) is 18.7. The van der Waals surface area contributed by atoms with Gasteiger partial charge in [-0.3, -0.25) is 4.90 Å². The van der Waals surface area contributed by atoms with Crippen LogP contribution in [-0.2, 0) is 14.3 Å². The second-order valence-corrected chi connectivity index (χ2v) is 9.13. The van der Waals surface area contributed by atoms with Gasteiger partial charge in [-0.2, -0.15) is 5.26 Å². The summed E-state index contributed by atoms with van der Waals surface area (Å²) >= 11 is 0. The monoisotopic (exact) mass is 470 g/mol. The standard InChI is InChI=1S/C28H26N2O5/c29-14-18-9-11-19(12-10-18)16-34-20-13-26(27(31)32)30(15-20)28(33)35-17-25-23-7-3-1-5-21(23)22-6-2-4-8-24(22)25/h1-11,19-20,25-26H,12-13,15-17H2,(H,31,32)/t19?,20-,26+/m1/s1. The molecule has 3 aliphatic rings. The molecule has 1 fully saturated rings. The number of hydrogen-bond acceptors (Lipinski definition) is 5. The molecular formula is C28H26N2O5. The third kappa shape index (κ3) is 4.58. The normalized spacial score (nSPS) is 22.8. The zero-order chi connectivity index (χ0) is 24.4. The van der Waals surface area contributed by atoms with Crippen LogP contribution in [-0.4, -0.2) is 54.0 Å². The molecule has 3 atom stereocenters. The van der Waals surface area contributed by atoms with Crippen LogP contribution in [0.15, 0.2) is 72.3 Å². The van der Waals surface area contributed by atoms with E-state index in [2.05, 4.69) is 18.2 Å². The molecule has 7 heteroatoms. The number of rotatable bonds is 6. The molecule has 1 aliphatic heterocycles. The zero-order valence-electron chi connectivity index (χ0n) is 19.2. The number of aliphatic carboxylic acids is 1. The second-order valence-electron chi connectivity index (χ2n) is 9.13. The number of nitriles is 1. The number of likely N-dealkylation sites (tertiary alicyclic amines) is 1. The topological polar surface area (TPSA) is 99.9 Å². The molecule has 0 saturated carbocycles. The third-order valence-electron chi connectivity index (χ3n) is 6.98. The summed E-state index contributed by atoms with van der Waals surface area (Å²) in [6.45, 7) is 0.715. The Hall–Kier alpha value is -3.89. The average molecular weight is 471 g/mol. The van der Waals surface area contributed by atoms with Crippen molar-refractivity contribution in [2.75, 3.05) is 19.8 Å². The minimum Gasteiger partial charge on any atom is -0.480 e. The van der Waals surface area contributed by atoms with E-state index in [1.807, 2.05) is 48.6 Å². The summed E-state index contributed by atoms with van der Waals surface area (Å²) in [7, 11) is 0. The van der Waals surface area contributed by atoms with Crippen molar-refractivity contribution in [2.24, 2.45) is 5.92 Å². The van der Waals surface area contributed by atoms with Crippen molar-refractivity contribution in [3.05, 3.63) is 83.5 Å². The maximum Gasteiger partial charge on any atom is 0.410 e. The summed E-state index contributed by atoms with van der Waals surface area (Å²) in [6, 6.07) is 17.3. The summed E-state index contributed by atoms with van der Waals surface area (Å²) < 4.78 is 11.7. The molecule has 0 spiro atoms. The summed E-state index contributed by atoms with van der Waals surface area (Å²) in [5.41, 5.74) is 5.11. The van der Waals surface area contributed by atoms with Crippen molar-refractivity contribution in [1.82, 2.24) is 4.90 Å². The largest absolute Gasteiger partial charge is 0.480 e. The number of amides is 1. The van der Waals surface area contributed by atoms with Crippen LogP contribution in [0.2, 0.25) is 0 Å². The molecule has 2 aliphatic carbocycles. The van der Waals surface area contributed by atoms with Crippen molar-refractivity contribution in [1.29, 1.82) is 5.26 Å². The van der Waals surface area contributed by atoms with E-state index in [1.54, 1.807) is 6.08 Å². The van der Waals surface area contributed by atoms with E-state index in [1.165, 1.54) is 4.90 Å². The van der Waals surface area contributed by atoms with Crippen molar-refractivity contribution in [2.45, 2.75) is 30.9 Å². The van der Waals surface area contributed by atoms with Crippen LogP contribution in [0.25, 0.3) is 11.1 Å². The van der Waals surface area contributed by atoms with Crippen molar-refractivity contribution >= 4 is 12.1 Å². The quantitative estimate of drug-likeness (QED) is 0.667. The predicted octanol–water partition coefficient (Wildman–Crippen LogP) is 4.51. The molecule has 0 radical (unpaired) electrons. The van der Waals surface area contributed by atoms with E-state index in [4.69, 9.17) is 14.7 Å². The molecule has 1 heterocycles. The Bertz CT molecular complexity index is 1200. The van der Waals surface area contributed by atoms with Crippen LogP contribution in [0.5, 0.6) is 0 Å². The van der Waals surface area contributed by atoms with Crippen LogP contribution in [0.3, 0.4) is 0 Å². The number of nitrogens with zero attached hydrogens (tertiary/aromatic N) is 2. The average Bonchev–Trinajstić information content (AvgIpc) is 3.46. The van der Waals surface area contributed by atoms with Crippen molar-refractivity contribution in [3.8, 4) is 17.2 Å². The van der Waals surface area contributed by atoms with Crippen LogP contribution >= 0.6 is 0 Å². The Labute approximate surface area is 203 Å². The number of ether oxygens (including phenoxy) is 2. The molecule has 1 unspecified atom stereocenters. The lowest BCUT2D eigenvalue weighted by Crippen LogP contribution is -2.41. The first-order chi connectivity index (χ1) is 17.0. The molecule has 0 aromatic heterocycles. The Kier molecular flexibility index (Phi) is 6.39. The van der Waals surface area contributed by atoms with Gasteiger partial charge in [-0.15, -0.1) is 0 Å². The molecule has 35 heavy (non-hydrogen) atoms. The minimum absolute atomic E-state index is 0.0891. The van der Waals surface area contributed by atoms with Gasteiger partial charge in [-0.25, -0.2) is 9.59 Å². The highest BCUT2D eigenvalue weighted by atomic mass is 16.6. The number of carboxylic acid groups (broad SMARTS) is 1. The highest BCUT2D eigenvalue weighted by molar-refractivity contribution is 5.81. The van der Waals surface area contributed by atoms with E-state index in [-0.39, 0.29) is 37.5 Å². The SMILES string of the molecule is N#CC1=CCC(CO[C@@H]2C[C@@H](C(=O)O)N(C(=O)OCC3c4ccccc4-c4ccccc43)C2)C=C1. The van der Waals surface area contributed by atoms with E-state index in [0.29, 0.717) is 18.6 Å². The zero-order valence-corrected chi connectivity index (χ0v) is 19.2. The Morgan fingerprint density at radius 3 is 2.34 bits per heavy atom. The first kappa shape index (κ1) is 22.9. The maximum absolute atomic E-state index is 13.0. The maximum atomic E-state index is 13.0. The smallest absolute Gasteiger partial charge is 0.410 e. The number of benzene rings is 2. The predicted molar refractivity (Wildman–Crippen MR) is 128 cm³/mol. The lowest BCUT2D eigenvalue weighted by Gasteiger charge is -2.22. The number of fused-ring (bicyclic) bond motifs is 3. The molecule has 5 rings (SSSR count). The van der Waals surface area contributed by atoms with E-state index < -0.39 is 18.1 Å². The van der Waals surface area contributed by atoms with Gasteiger partial charge in [0.05, 0.1) is 25.3 Å². The highest BCUT2D eigenvalue weighted by Crippen LogP contribution is 2.44. The second kappa shape index (κ2) is 9.77. The van der Waals surface area contributed by atoms with Gasteiger partial charge < -0.3 is 14.6 Å². The van der Waals surface area contributed by atoms with Crippen LogP contribution in [0, 0.1) is 17.2 Å². The fraction of sp³-hybridized carbons (Fsp3) is 0.321. The molecule has 1 amide bonds. The molecule has 1 saturated heterocycles. The lowest BCUT2D eigenvalue weighted by molar-refractivity contribution is -0.141. The van der Waals surface area contributed by atoms with Gasteiger partial charge >= 0.3 is 12.1 Å². The van der Waals surface area contributed by atoms with Gasteiger partial charge in [0.2, 0.25) is 0 Å². The van der Waals surface area contributed by atoms with Gasteiger partial charge in [0, 0.05) is 23.8 Å². The van der Waals surface area contributed by atoms with Crippen molar-refractivity contribution in [3.63, 3.8) is 0 Å². The highest BCUT2D eigenvalue weighted by Gasteiger charge is 2.42. The summed E-state index contributed by atoms with van der Waals surface area (Å²) in [4.78, 5) is 26.1. The molecular weight excluding hydrogens is 444 g/mol. The number of carboxylic acids is 1. The van der Waals surface area contributed by atoms with Gasteiger partial charge in [0.25, 0.3) is 0 Å². The van der Waals surface area contributed by atoms with Gasteiger partial charge in [-0.05, 0) is 34.8 Å². The molecule has 1 N–H and O–H groups in total. The van der Waals surface area contributed by atoms with E-state index >= 15 is 0 Å². The van der Waals surface area contributed by atoms with Gasteiger partial charge in [0.1, 0.15) is 12.6 Å². The Morgan fingerprint density at radius 2 is 1.74 bits per heavy atom. The molecule has 0 bridgehead atoms. The van der Waals surface area contributed by atoms with Gasteiger partial charge in [-0.1, -0.05) is 60.7 Å². The first-order valence-electron chi connectivity index (χ1n) is 11.8. The van der Waals surface area contributed by atoms with Crippen LogP contribution in [0.1, 0.15) is 29.9 Å². The van der Waals surface area contributed by atoms with E-state index in [9.17, 15) is 14.7 Å². The number of hydrogen-bond donors (Lipinski definition) is 1. The fourth-order valence-electron chi connectivity index (χ4n) is 5.16. The molecule has 178 valence electrons. The molecule has 7 nitrogen and oxygen atoms in total. The van der Waals surface area contributed by atoms with E-state index in [0.717, 1.165) is 22.3 Å². The lowest BCUT2D eigenvalue weighted by atomic mass is 9.98. The Morgan fingerprint density at radius 1 is 1.06 bits per heavy atom. The fourth-order valence-corrected chi connectivity index (χ4v) is 5.16. The summed E-state index contributed by atoms with van der Waals surface area (Å²) in [6.07, 6.45) is 5.47. The molecule has 2 aromatic carbocycles. The van der Waals surface area contributed by atoms with Crippen LogP contribution < -0.4 is 0 Å². The number of carbonyl (C=O) groups excluding carboxylic acids is 1. The number of carbonyl (C=O) groups is 2.